The largest absolute Gasteiger partial charge is 0.463 e. The maximum atomic E-state index is 11.3. The Balaban J connectivity index is 2.26. The molecule has 0 aliphatic carbocycles. The molecule has 2 rings (SSSR count). The van der Waals surface area contributed by atoms with Gasteiger partial charge in [-0.25, -0.2) is 9.78 Å². The minimum absolute atomic E-state index is 0.335. The van der Waals surface area contributed by atoms with Crippen LogP contribution in [-0.4, -0.2) is 22.1 Å². The Kier molecular flexibility index (Phi) is 3.91. The van der Waals surface area contributed by atoms with Gasteiger partial charge in [-0.1, -0.05) is 18.2 Å². The highest BCUT2D eigenvalue weighted by atomic mass is 16.5. The molecule has 0 N–H and O–H groups in total. The zero-order valence-corrected chi connectivity index (χ0v) is 10.1. The first-order valence-electron chi connectivity index (χ1n) is 5.73. The van der Waals surface area contributed by atoms with E-state index < -0.39 is 0 Å². The highest BCUT2D eigenvalue weighted by molar-refractivity contribution is 5.87. The van der Waals surface area contributed by atoms with Gasteiger partial charge in [-0.15, -0.1) is 0 Å². The average Bonchev–Trinajstić information content (AvgIpc) is 2.91. The zero-order valence-electron chi connectivity index (χ0n) is 10.1. The number of hydrogen-bond acceptors (Lipinski definition) is 3. The first-order chi connectivity index (χ1) is 8.81. The van der Waals surface area contributed by atoms with Crippen LogP contribution in [0.1, 0.15) is 12.5 Å². The number of imidazole rings is 1. The molecule has 0 radical (unpaired) electrons. The number of carbonyl (C=O) groups excluding carboxylic acids is 1. The molecule has 18 heavy (non-hydrogen) atoms. The van der Waals surface area contributed by atoms with Crippen LogP contribution in [0.4, 0.5) is 0 Å². The van der Waals surface area contributed by atoms with E-state index in [4.69, 9.17) is 4.74 Å². The summed E-state index contributed by atoms with van der Waals surface area (Å²) in [7, 11) is 0. The number of rotatable bonds is 4. The highest BCUT2D eigenvalue weighted by Crippen LogP contribution is 2.15. The number of esters is 1. The fraction of sp³-hybridized carbons (Fsp3) is 0.143. The molecule has 0 aliphatic heterocycles. The first-order valence-corrected chi connectivity index (χ1v) is 5.73. The molecule has 4 heteroatoms. The SMILES string of the molecule is CCOC(=O)C=Cc1ccccc1-n1ccnc1. The van der Waals surface area contributed by atoms with Crippen LogP contribution in [0, 0.1) is 0 Å². The topological polar surface area (TPSA) is 44.1 Å². The molecule has 0 saturated heterocycles. The van der Waals surface area contributed by atoms with Crippen LogP contribution in [0.25, 0.3) is 11.8 Å². The predicted octanol–water partition coefficient (Wildman–Crippen LogP) is 2.45. The van der Waals surface area contributed by atoms with Crippen molar-refractivity contribution in [3.05, 3.63) is 54.6 Å². The summed E-state index contributed by atoms with van der Waals surface area (Å²) in [5.41, 5.74) is 1.90. The summed E-state index contributed by atoms with van der Waals surface area (Å²) >= 11 is 0. The maximum Gasteiger partial charge on any atom is 0.330 e. The number of aromatic nitrogens is 2. The summed E-state index contributed by atoms with van der Waals surface area (Å²) in [5.74, 6) is -0.335. The third-order valence-electron chi connectivity index (χ3n) is 2.40. The normalized spacial score (nSPS) is 10.7. The Bertz CT molecular complexity index is 545. The molecule has 0 unspecified atom stereocenters. The molecular weight excluding hydrogens is 228 g/mol. The zero-order chi connectivity index (χ0) is 12.8. The summed E-state index contributed by atoms with van der Waals surface area (Å²) in [4.78, 5) is 15.3. The molecule has 92 valence electrons. The Hall–Kier alpha value is -2.36. The number of carbonyl (C=O) groups is 1. The van der Waals surface area contributed by atoms with E-state index in [1.807, 2.05) is 35.0 Å². The van der Waals surface area contributed by atoms with Crippen molar-refractivity contribution in [2.75, 3.05) is 6.61 Å². The smallest absolute Gasteiger partial charge is 0.330 e. The van der Waals surface area contributed by atoms with Crippen LogP contribution < -0.4 is 0 Å². The van der Waals surface area contributed by atoms with E-state index in [1.54, 1.807) is 25.5 Å². The fourth-order valence-corrected chi connectivity index (χ4v) is 1.61. The molecule has 0 fully saturated rings. The van der Waals surface area contributed by atoms with Gasteiger partial charge >= 0.3 is 5.97 Å². The minimum atomic E-state index is -0.335. The van der Waals surface area contributed by atoms with Crippen LogP contribution in [0.2, 0.25) is 0 Å². The molecule has 0 atom stereocenters. The molecule has 0 bridgehead atoms. The van der Waals surface area contributed by atoms with Crippen LogP contribution in [0.15, 0.2) is 49.1 Å². The van der Waals surface area contributed by atoms with Gasteiger partial charge in [-0.3, -0.25) is 0 Å². The van der Waals surface area contributed by atoms with Crippen LogP contribution in [0.3, 0.4) is 0 Å². The highest BCUT2D eigenvalue weighted by Gasteiger charge is 2.01. The molecule has 2 aromatic rings. The number of ether oxygens (including phenoxy) is 1. The van der Waals surface area contributed by atoms with E-state index in [0.29, 0.717) is 6.61 Å². The fourth-order valence-electron chi connectivity index (χ4n) is 1.61. The van der Waals surface area contributed by atoms with Crippen molar-refractivity contribution in [3.8, 4) is 5.69 Å². The van der Waals surface area contributed by atoms with Crippen molar-refractivity contribution in [1.82, 2.24) is 9.55 Å². The standard InChI is InChI=1S/C14H14N2O2/c1-2-18-14(17)8-7-12-5-3-4-6-13(12)16-10-9-15-11-16/h3-11H,2H2,1H3. The Morgan fingerprint density at radius 2 is 2.28 bits per heavy atom. The van der Waals surface area contributed by atoms with E-state index in [2.05, 4.69) is 4.98 Å². The van der Waals surface area contributed by atoms with Crippen molar-refractivity contribution in [2.24, 2.45) is 0 Å². The molecule has 1 aromatic heterocycles. The summed E-state index contributed by atoms with van der Waals surface area (Å²) < 4.78 is 6.74. The van der Waals surface area contributed by atoms with Gasteiger partial charge in [0.15, 0.2) is 0 Å². The van der Waals surface area contributed by atoms with Gasteiger partial charge < -0.3 is 9.30 Å². The van der Waals surface area contributed by atoms with E-state index in [9.17, 15) is 4.79 Å². The lowest BCUT2D eigenvalue weighted by Gasteiger charge is -2.06. The number of benzene rings is 1. The number of nitrogens with zero attached hydrogens (tertiary/aromatic N) is 2. The predicted molar refractivity (Wildman–Crippen MR) is 69.2 cm³/mol. The van der Waals surface area contributed by atoms with Gasteiger partial charge in [0.2, 0.25) is 0 Å². The molecule has 0 spiro atoms. The maximum absolute atomic E-state index is 11.3. The molecule has 0 aliphatic rings. The molecular formula is C14H14N2O2. The quantitative estimate of drug-likeness (QED) is 0.611. The molecule has 1 heterocycles. The van der Waals surface area contributed by atoms with Gasteiger partial charge in [0.25, 0.3) is 0 Å². The number of hydrogen-bond donors (Lipinski definition) is 0. The Morgan fingerprint density at radius 1 is 1.44 bits per heavy atom. The second kappa shape index (κ2) is 5.82. The van der Waals surface area contributed by atoms with Crippen molar-refractivity contribution < 1.29 is 9.53 Å². The van der Waals surface area contributed by atoms with E-state index >= 15 is 0 Å². The lowest BCUT2D eigenvalue weighted by atomic mass is 10.1. The van der Waals surface area contributed by atoms with Crippen molar-refractivity contribution >= 4 is 12.0 Å². The van der Waals surface area contributed by atoms with E-state index in [-0.39, 0.29) is 5.97 Å². The molecule has 0 amide bonds. The summed E-state index contributed by atoms with van der Waals surface area (Å²) in [6.45, 7) is 2.16. The van der Waals surface area contributed by atoms with Crippen molar-refractivity contribution in [2.45, 2.75) is 6.92 Å². The van der Waals surface area contributed by atoms with Gasteiger partial charge in [0, 0.05) is 18.5 Å². The Labute approximate surface area is 106 Å². The van der Waals surface area contributed by atoms with E-state index in [1.165, 1.54) is 6.08 Å². The molecule has 0 saturated carbocycles. The molecule has 1 aromatic carbocycles. The van der Waals surface area contributed by atoms with Gasteiger partial charge in [-0.05, 0) is 24.6 Å². The Morgan fingerprint density at radius 3 is 3.00 bits per heavy atom. The number of para-hydroxylation sites is 1. The summed E-state index contributed by atoms with van der Waals surface area (Å²) in [6, 6.07) is 7.76. The van der Waals surface area contributed by atoms with Gasteiger partial charge in [0.05, 0.1) is 18.6 Å². The third-order valence-corrected chi connectivity index (χ3v) is 2.40. The second-order valence-electron chi connectivity index (χ2n) is 3.61. The average molecular weight is 242 g/mol. The summed E-state index contributed by atoms with van der Waals surface area (Å²) in [6.07, 6.45) is 8.46. The van der Waals surface area contributed by atoms with Crippen LogP contribution >= 0.6 is 0 Å². The third kappa shape index (κ3) is 2.85. The van der Waals surface area contributed by atoms with Gasteiger partial charge in [-0.2, -0.15) is 0 Å². The van der Waals surface area contributed by atoms with Crippen molar-refractivity contribution in [1.29, 1.82) is 0 Å². The molecule has 4 nitrogen and oxygen atoms in total. The lowest BCUT2D eigenvalue weighted by Crippen LogP contribution is -1.99. The minimum Gasteiger partial charge on any atom is -0.463 e. The second-order valence-corrected chi connectivity index (χ2v) is 3.61. The van der Waals surface area contributed by atoms with Crippen molar-refractivity contribution in [3.63, 3.8) is 0 Å². The van der Waals surface area contributed by atoms with Gasteiger partial charge in [0.1, 0.15) is 0 Å². The summed E-state index contributed by atoms with van der Waals surface area (Å²) in [5, 5.41) is 0. The lowest BCUT2D eigenvalue weighted by molar-refractivity contribution is -0.137. The van der Waals surface area contributed by atoms with Crippen LogP contribution in [0.5, 0.6) is 0 Å². The monoisotopic (exact) mass is 242 g/mol. The van der Waals surface area contributed by atoms with Crippen LogP contribution in [-0.2, 0) is 9.53 Å². The van der Waals surface area contributed by atoms with E-state index in [0.717, 1.165) is 11.3 Å². The first kappa shape index (κ1) is 12.1.